The van der Waals surface area contributed by atoms with E-state index in [-0.39, 0.29) is 0 Å². The van der Waals surface area contributed by atoms with Gasteiger partial charge in [-0.05, 0) is 18.7 Å². The van der Waals surface area contributed by atoms with Crippen LogP contribution in [0.2, 0.25) is 0 Å². The van der Waals surface area contributed by atoms with Gasteiger partial charge in [-0.15, -0.1) is 0 Å². The zero-order chi connectivity index (χ0) is 12.2. The summed E-state index contributed by atoms with van der Waals surface area (Å²) in [5.74, 6) is -0.830. The quantitative estimate of drug-likeness (QED) is 0.778. The molecule has 4 nitrogen and oxygen atoms in total. The third-order valence-electron chi connectivity index (χ3n) is 2.57. The van der Waals surface area contributed by atoms with Crippen molar-refractivity contribution in [3.63, 3.8) is 0 Å². The van der Waals surface area contributed by atoms with Crippen LogP contribution in [0, 0.1) is 0 Å². The second kappa shape index (κ2) is 5.60. The Morgan fingerprint density at radius 3 is 2.06 bits per heavy atom. The molecule has 1 rings (SSSR count). The lowest BCUT2D eigenvalue weighted by atomic mass is 10.2. The maximum atomic E-state index is 11.5. The largest absolute Gasteiger partial charge is 0.347 e. The minimum atomic E-state index is -4.16. The Hall–Kier alpha value is -0.670. The van der Waals surface area contributed by atoms with Crippen molar-refractivity contribution in [3.8, 4) is 0 Å². The molecule has 0 aliphatic heterocycles. The summed E-state index contributed by atoms with van der Waals surface area (Å²) in [6.45, 7) is 5.02. The highest BCUT2D eigenvalue weighted by Crippen LogP contribution is 2.53. The molecular formula is C11H18NO3P. The molecule has 0 saturated carbocycles. The Labute approximate surface area is 96.1 Å². The highest BCUT2D eigenvalue weighted by atomic mass is 31.2. The molecule has 0 spiro atoms. The highest BCUT2D eigenvalue weighted by molar-refractivity contribution is 7.52. The first-order chi connectivity index (χ1) is 7.50. The van der Waals surface area contributed by atoms with Crippen molar-refractivity contribution in [2.24, 2.45) is 0 Å². The molecule has 2 N–H and O–H groups in total. The molecule has 0 aliphatic carbocycles. The molecule has 0 saturated heterocycles. The first-order valence-electron chi connectivity index (χ1n) is 5.34. The van der Waals surface area contributed by atoms with E-state index < -0.39 is 13.4 Å². The molecule has 0 aromatic heterocycles. The van der Waals surface area contributed by atoms with Crippen molar-refractivity contribution in [1.29, 1.82) is 0 Å². The summed E-state index contributed by atoms with van der Waals surface area (Å²) >= 11 is 0. The van der Waals surface area contributed by atoms with Gasteiger partial charge >= 0.3 is 7.60 Å². The lowest BCUT2D eigenvalue weighted by Crippen LogP contribution is -2.28. The van der Waals surface area contributed by atoms with Gasteiger partial charge in [-0.3, -0.25) is 9.46 Å². The van der Waals surface area contributed by atoms with Gasteiger partial charge < -0.3 is 9.79 Å². The van der Waals surface area contributed by atoms with E-state index in [2.05, 4.69) is 0 Å². The van der Waals surface area contributed by atoms with Crippen LogP contribution in [-0.2, 0) is 4.57 Å². The van der Waals surface area contributed by atoms with Crippen LogP contribution in [0.1, 0.15) is 25.2 Å². The van der Waals surface area contributed by atoms with Crippen LogP contribution < -0.4 is 0 Å². The number of nitrogens with zero attached hydrogens (tertiary/aromatic N) is 1. The molecule has 90 valence electrons. The van der Waals surface area contributed by atoms with Crippen LogP contribution in [0.15, 0.2) is 30.3 Å². The van der Waals surface area contributed by atoms with Gasteiger partial charge in [0.2, 0.25) is 0 Å². The molecule has 1 unspecified atom stereocenters. The molecule has 1 aromatic rings. The summed E-state index contributed by atoms with van der Waals surface area (Å²) in [7, 11) is -4.16. The van der Waals surface area contributed by atoms with Crippen molar-refractivity contribution >= 4 is 7.60 Å². The monoisotopic (exact) mass is 243 g/mol. The summed E-state index contributed by atoms with van der Waals surface area (Å²) in [6, 6.07) is 8.93. The second-order valence-corrected chi connectivity index (χ2v) is 5.26. The summed E-state index contributed by atoms with van der Waals surface area (Å²) < 4.78 is 11.5. The summed E-state index contributed by atoms with van der Waals surface area (Å²) in [4.78, 5) is 20.6. The number of hydrogen-bond donors (Lipinski definition) is 2. The van der Waals surface area contributed by atoms with Gasteiger partial charge in [-0.2, -0.15) is 0 Å². The average molecular weight is 243 g/mol. The Kier molecular flexibility index (Phi) is 4.69. The molecule has 1 atom stereocenters. The SMILES string of the molecule is CCN(CC)C(c1ccccc1)P(=O)(O)O. The average Bonchev–Trinajstić information content (AvgIpc) is 2.25. The minimum absolute atomic E-state index is 0.612. The van der Waals surface area contributed by atoms with Crippen LogP contribution >= 0.6 is 7.60 Å². The van der Waals surface area contributed by atoms with E-state index in [4.69, 9.17) is 0 Å². The molecule has 0 fully saturated rings. The molecular weight excluding hydrogens is 225 g/mol. The summed E-state index contributed by atoms with van der Waals surface area (Å²) in [5, 5.41) is 0. The number of benzene rings is 1. The molecule has 0 amide bonds. The van der Waals surface area contributed by atoms with Crippen molar-refractivity contribution in [2.45, 2.75) is 19.6 Å². The fourth-order valence-corrected chi connectivity index (χ4v) is 3.12. The Morgan fingerprint density at radius 1 is 1.19 bits per heavy atom. The van der Waals surface area contributed by atoms with Crippen molar-refractivity contribution < 1.29 is 14.4 Å². The van der Waals surface area contributed by atoms with Gasteiger partial charge in [0, 0.05) is 0 Å². The fourth-order valence-electron chi connectivity index (χ4n) is 1.81. The molecule has 16 heavy (non-hydrogen) atoms. The zero-order valence-corrected chi connectivity index (χ0v) is 10.5. The maximum absolute atomic E-state index is 11.5. The van der Waals surface area contributed by atoms with Crippen LogP contribution in [0.5, 0.6) is 0 Å². The van der Waals surface area contributed by atoms with Crippen LogP contribution in [-0.4, -0.2) is 27.8 Å². The van der Waals surface area contributed by atoms with Gasteiger partial charge in [-0.1, -0.05) is 44.2 Å². The smallest absolute Gasteiger partial charge is 0.323 e. The van der Waals surface area contributed by atoms with E-state index >= 15 is 0 Å². The predicted molar refractivity (Wildman–Crippen MR) is 64.1 cm³/mol. The van der Waals surface area contributed by atoms with Gasteiger partial charge in [-0.25, -0.2) is 0 Å². The third-order valence-corrected chi connectivity index (χ3v) is 3.84. The highest BCUT2D eigenvalue weighted by Gasteiger charge is 2.34. The standard InChI is InChI=1S/C11H18NO3P/c1-3-12(4-2)11(16(13,14)15)10-8-6-5-7-9-10/h5-9,11H,3-4H2,1-2H3,(H2,13,14,15). The van der Waals surface area contributed by atoms with Gasteiger partial charge in [0.15, 0.2) is 0 Å². The zero-order valence-electron chi connectivity index (χ0n) is 9.58. The van der Waals surface area contributed by atoms with E-state index in [1.807, 2.05) is 19.9 Å². The number of rotatable bonds is 5. The Morgan fingerprint density at radius 2 is 1.69 bits per heavy atom. The second-order valence-electron chi connectivity index (χ2n) is 3.59. The molecule has 5 heteroatoms. The van der Waals surface area contributed by atoms with E-state index in [1.165, 1.54) is 0 Å². The van der Waals surface area contributed by atoms with Crippen molar-refractivity contribution in [3.05, 3.63) is 35.9 Å². The normalized spacial score (nSPS) is 14.1. The van der Waals surface area contributed by atoms with E-state index in [1.54, 1.807) is 29.2 Å². The first-order valence-corrected chi connectivity index (χ1v) is 7.03. The molecule has 0 radical (unpaired) electrons. The van der Waals surface area contributed by atoms with Crippen LogP contribution in [0.25, 0.3) is 0 Å². The van der Waals surface area contributed by atoms with E-state index in [0.29, 0.717) is 18.7 Å². The van der Waals surface area contributed by atoms with Crippen molar-refractivity contribution in [1.82, 2.24) is 4.90 Å². The van der Waals surface area contributed by atoms with E-state index in [9.17, 15) is 14.4 Å². The Bertz CT molecular complexity index is 359. The van der Waals surface area contributed by atoms with Crippen molar-refractivity contribution in [2.75, 3.05) is 13.1 Å². The van der Waals surface area contributed by atoms with Gasteiger partial charge in [0.1, 0.15) is 5.78 Å². The molecule has 0 bridgehead atoms. The summed E-state index contributed by atoms with van der Waals surface area (Å²) in [5.41, 5.74) is 0.666. The molecule has 0 heterocycles. The van der Waals surface area contributed by atoms with E-state index in [0.717, 1.165) is 0 Å². The molecule has 0 aliphatic rings. The Balaban J connectivity index is 3.11. The minimum Gasteiger partial charge on any atom is -0.323 e. The molecule has 1 aromatic carbocycles. The first kappa shape index (κ1) is 13.4. The van der Waals surface area contributed by atoms with Gasteiger partial charge in [0.05, 0.1) is 0 Å². The van der Waals surface area contributed by atoms with Crippen LogP contribution in [0.3, 0.4) is 0 Å². The van der Waals surface area contributed by atoms with Gasteiger partial charge in [0.25, 0.3) is 0 Å². The summed E-state index contributed by atoms with van der Waals surface area (Å²) in [6.07, 6.45) is 0. The van der Waals surface area contributed by atoms with Crippen LogP contribution in [0.4, 0.5) is 0 Å². The lowest BCUT2D eigenvalue weighted by Gasteiger charge is -2.30. The topological polar surface area (TPSA) is 60.8 Å². The number of hydrogen-bond acceptors (Lipinski definition) is 2. The predicted octanol–water partition coefficient (Wildman–Crippen LogP) is 2.20. The fraction of sp³-hybridized carbons (Fsp3) is 0.455. The third kappa shape index (κ3) is 3.16. The lowest BCUT2D eigenvalue weighted by molar-refractivity contribution is 0.232. The maximum Gasteiger partial charge on any atom is 0.347 e.